The maximum Gasteiger partial charge on any atom is 0.416 e. The number of hydrogen-bond acceptors (Lipinski definition) is 3. The molecule has 0 saturated carbocycles. The number of nitrogens with two attached hydrogens (primary N) is 1. The van der Waals surface area contributed by atoms with Crippen molar-refractivity contribution < 1.29 is 22.8 Å². The number of rotatable bonds is 4. The van der Waals surface area contributed by atoms with Crippen molar-refractivity contribution in [3.63, 3.8) is 0 Å². The van der Waals surface area contributed by atoms with Crippen molar-refractivity contribution in [3.05, 3.63) is 35.4 Å². The molecule has 1 amide bonds. The van der Waals surface area contributed by atoms with Crippen LogP contribution in [0.4, 0.5) is 13.2 Å². The Labute approximate surface area is 113 Å². The van der Waals surface area contributed by atoms with Crippen LogP contribution in [0.2, 0.25) is 0 Å². The topological polar surface area (TPSA) is 72.2 Å². The smallest absolute Gasteiger partial charge is 0.368 e. The van der Waals surface area contributed by atoms with E-state index in [1.54, 1.807) is 0 Å². The molecule has 3 N–H and O–H groups in total. The Bertz CT molecular complexity index is 551. The average molecular weight is 286 g/mol. The highest BCUT2D eigenvalue weighted by atomic mass is 19.4. The lowest BCUT2D eigenvalue weighted by Gasteiger charge is -2.39. The third kappa shape index (κ3) is 2.67. The number of alkyl halides is 3. The standard InChI is InChI=1S/C13H13F3N2O2/c14-13(15,16)9-3-1-2-8(6-9)10(19)7-12(11(17)20)4-5-18-12/h1-3,6,18H,4-5,7H2,(H2,17,20). The van der Waals surface area contributed by atoms with Gasteiger partial charge in [0, 0.05) is 12.0 Å². The number of hydrogen-bond donors (Lipinski definition) is 2. The van der Waals surface area contributed by atoms with Gasteiger partial charge in [0.15, 0.2) is 5.78 Å². The Balaban J connectivity index is 2.20. The number of carbonyl (C=O) groups is 2. The Hall–Kier alpha value is -1.89. The Morgan fingerprint density at radius 1 is 1.35 bits per heavy atom. The SMILES string of the molecule is NC(=O)C1(CC(=O)c2cccc(C(F)(F)F)c2)CCN1. The van der Waals surface area contributed by atoms with Crippen LogP contribution in [0.1, 0.15) is 28.8 Å². The molecule has 7 heteroatoms. The van der Waals surface area contributed by atoms with E-state index in [0.717, 1.165) is 12.1 Å². The van der Waals surface area contributed by atoms with Crippen LogP contribution >= 0.6 is 0 Å². The van der Waals surface area contributed by atoms with Crippen molar-refractivity contribution in [3.8, 4) is 0 Å². The number of carbonyl (C=O) groups excluding carboxylic acids is 2. The summed E-state index contributed by atoms with van der Waals surface area (Å²) in [6.45, 7) is 0.554. The highest BCUT2D eigenvalue weighted by Crippen LogP contribution is 2.31. The van der Waals surface area contributed by atoms with Gasteiger partial charge in [-0.3, -0.25) is 9.59 Å². The molecule has 0 radical (unpaired) electrons. The first-order chi connectivity index (χ1) is 9.24. The van der Waals surface area contributed by atoms with Crippen LogP contribution in [0, 0.1) is 0 Å². The van der Waals surface area contributed by atoms with Crippen LogP contribution in [-0.4, -0.2) is 23.8 Å². The van der Waals surface area contributed by atoms with Crippen LogP contribution in [0.15, 0.2) is 24.3 Å². The van der Waals surface area contributed by atoms with Crippen LogP contribution in [0.3, 0.4) is 0 Å². The average Bonchev–Trinajstić information content (AvgIpc) is 2.32. The largest absolute Gasteiger partial charge is 0.416 e. The number of halogens is 3. The molecular weight excluding hydrogens is 273 g/mol. The van der Waals surface area contributed by atoms with Gasteiger partial charge in [-0.2, -0.15) is 13.2 Å². The molecule has 0 spiro atoms. The predicted molar refractivity (Wildman–Crippen MR) is 64.9 cm³/mol. The second-order valence-electron chi connectivity index (χ2n) is 4.80. The highest BCUT2D eigenvalue weighted by molar-refractivity contribution is 6.01. The number of amides is 1. The number of Topliss-reactive ketones (excluding diaryl/α,β-unsaturated/α-hetero) is 1. The first-order valence-electron chi connectivity index (χ1n) is 6.00. The zero-order chi connectivity index (χ0) is 15.0. The fourth-order valence-corrected chi connectivity index (χ4v) is 2.12. The molecule has 1 unspecified atom stereocenters. The molecule has 20 heavy (non-hydrogen) atoms. The molecule has 1 aromatic rings. The fourth-order valence-electron chi connectivity index (χ4n) is 2.12. The summed E-state index contributed by atoms with van der Waals surface area (Å²) in [5.74, 6) is -1.20. The molecule has 4 nitrogen and oxygen atoms in total. The Morgan fingerprint density at radius 3 is 2.45 bits per heavy atom. The molecule has 0 aliphatic carbocycles. The van der Waals surface area contributed by atoms with Crippen LogP contribution in [-0.2, 0) is 11.0 Å². The molecule has 1 aliphatic heterocycles. The van der Waals surface area contributed by atoms with Gasteiger partial charge >= 0.3 is 6.18 Å². The minimum atomic E-state index is -4.51. The molecule has 1 fully saturated rings. The number of nitrogens with one attached hydrogen (secondary N) is 1. The molecule has 1 atom stereocenters. The zero-order valence-electron chi connectivity index (χ0n) is 10.5. The maximum atomic E-state index is 12.6. The van der Waals surface area contributed by atoms with Crippen molar-refractivity contribution in [2.45, 2.75) is 24.6 Å². The van der Waals surface area contributed by atoms with Gasteiger partial charge in [-0.1, -0.05) is 12.1 Å². The first kappa shape index (κ1) is 14.5. The fraction of sp³-hybridized carbons (Fsp3) is 0.385. The van der Waals surface area contributed by atoms with Crippen molar-refractivity contribution >= 4 is 11.7 Å². The van der Waals surface area contributed by atoms with Gasteiger partial charge in [0.25, 0.3) is 0 Å². The number of ketones is 1. The Morgan fingerprint density at radius 2 is 2.00 bits per heavy atom. The highest BCUT2D eigenvalue weighted by Gasteiger charge is 2.44. The van der Waals surface area contributed by atoms with Crippen LogP contribution in [0.25, 0.3) is 0 Å². The van der Waals surface area contributed by atoms with Crippen molar-refractivity contribution in [1.82, 2.24) is 5.32 Å². The summed E-state index contributed by atoms with van der Waals surface area (Å²) in [5.41, 5.74) is 3.14. The lowest BCUT2D eigenvalue weighted by Crippen LogP contribution is -2.65. The third-order valence-corrected chi connectivity index (χ3v) is 3.46. The molecule has 1 saturated heterocycles. The summed E-state index contributed by atoms with van der Waals surface area (Å²) in [5, 5.41) is 2.79. The minimum Gasteiger partial charge on any atom is -0.368 e. The summed E-state index contributed by atoms with van der Waals surface area (Å²) in [7, 11) is 0. The summed E-state index contributed by atoms with van der Waals surface area (Å²) >= 11 is 0. The lowest BCUT2D eigenvalue weighted by atomic mass is 9.81. The van der Waals surface area contributed by atoms with Gasteiger partial charge in [0.2, 0.25) is 5.91 Å². The summed E-state index contributed by atoms with van der Waals surface area (Å²) < 4.78 is 37.7. The number of primary amides is 1. The first-order valence-corrected chi connectivity index (χ1v) is 6.00. The van der Waals surface area contributed by atoms with Gasteiger partial charge in [-0.05, 0) is 25.1 Å². The van der Waals surface area contributed by atoms with Crippen molar-refractivity contribution in [2.75, 3.05) is 6.54 Å². The second kappa shape index (κ2) is 4.90. The second-order valence-corrected chi connectivity index (χ2v) is 4.80. The molecular formula is C13H13F3N2O2. The third-order valence-electron chi connectivity index (χ3n) is 3.46. The van der Waals surface area contributed by atoms with E-state index < -0.39 is 29.0 Å². The molecule has 1 aromatic carbocycles. The van der Waals surface area contributed by atoms with E-state index in [4.69, 9.17) is 5.73 Å². The lowest BCUT2D eigenvalue weighted by molar-refractivity contribution is -0.137. The maximum absolute atomic E-state index is 12.6. The zero-order valence-corrected chi connectivity index (χ0v) is 10.5. The van der Waals surface area contributed by atoms with E-state index in [1.807, 2.05) is 0 Å². The van der Waals surface area contributed by atoms with Crippen LogP contribution in [0.5, 0.6) is 0 Å². The summed E-state index contributed by atoms with van der Waals surface area (Å²) in [4.78, 5) is 23.3. The summed E-state index contributed by atoms with van der Waals surface area (Å²) in [6.07, 6.45) is -4.33. The minimum absolute atomic E-state index is 0.0749. The van der Waals surface area contributed by atoms with Gasteiger partial charge < -0.3 is 11.1 Å². The van der Waals surface area contributed by atoms with Crippen molar-refractivity contribution in [1.29, 1.82) is 0 Å². The van der Waals surface area contributed by atoms with E-state index in [1.165, 1.54) is 12.1 Å². The molecule has 1 heterocycles. The van der Waals surface area contributed by atoms with E-state index >= 15 is 0 Å². The Kier molecular flexibility index (Phi) is 3.56. The van der Waals surface area contributed by atoms with E-state index in [-0.39, 0.29) is 12.0 Å². The van der Waals surface area contributed by atoms with Gasteiger partial charge in [0.1, 0.15) is 5.54 Å². The molecule has 2 rings (SSSR count). The molecule has 0 bridgehead atoms. The normalized spacial score (nSPS) is 22.1. The quantitative estimate of drug-likeness (QED) is 0.824. The summed E-state index contributed by atoms with van der Waals surface area (Å²) in [6, 6.07) is 4.14. The molecule has 1 aliphatic rings. The van der Waals surface area contributed by atoms with Gasteiger partial charge in [-0.15, -0.1) is 0 Å². The number of benzene rings is 1. The van der Waals surface area contributed by atoms with E-state index in [2.05, 4.69) is 5.32 Å². The van der Waals surface area contributed by atoms with E-state index in [9.17, 15) is 22.8 Å². The van der Waals surface area contributed by atoms with E-state index in [0.29, 0.717) is 13.0 Å². The van der Waals surface area contributed by atoms with Crippen LogP contribution < -0.4 is 11.1 Å². The monoisotopic (exact) mass is 286 g/mol. The van der Waals surface area contributed by atoms with Gasteiger partial charge in [-0.25, -0.2) is 0 Å². The molecule has 0 aromatic heterocycles. The van der Waals surface area contributed by atoms with Crippen molar-refractivity contribution in [2.24, 2.45) is 5.73 Å². The molecule has 108 valence electrons. The predicted octanol–water partition coefficient (Wildman–Crippen LogP) is 1.50. The van der Waals surface area contributed by atoms with Gasteiger partial charge in [0.05, 0.1) is 5.56 Å².